The summed E-state index contributed by atoms with van der Waals surface area (Å²) in [5.41, 5.74) is 2.59. The second-order valence-electron chi connectivity index (χ2n) is 5.16. The molecule has 2 aromatic carbocycles. The van der Waals surface area contributed by atoms with E-state index in [4.69, 9.17) is 0 Å². The highest BCUT2D eigenvalue weighted by Gasteiger charge is 2.17. The van der Waals surface area contributed by atoms with Gasteiger partial charge in [-0.3, -0.25) is 4.79 Å². The van der Waals surface area contributed by atoms with Gasteiger partial charge in [0.25, 0.3) is 5.91 Å². The van der Waals surface area contributed by atoms with E-state index in [-0.39, 0.29) is 5.91 Å². The van der Waals surface area contributed by atoms with Crippen LogP contribution < -0.4 is 0 Å². The zero-order valence-corrected chi connectivity index (χ0v) is 15.0. The molecule has 3 aromatic rings. The molecular formula is C18H15BrN2OS. The summed E-state index contributed by atoms with van der Waals surface area (Å²) < 4.78 is 1.00. The third-order valence-corrected chi connectivity index (χ3v) is 5.12. The highest BCUT2D eigenvalue weighted by Crippen LogP contribution is 2.24. The fraction of sp³-hybridized carbons (Fsp3) is 0.111. The Morgan fingerprint density at radius 3 is 2.57 bits per heavy atom. The van der Waals surface area contributed by atoms with Crippen LogP contribution in [0, 0.1) is 0 Å². The van der Waals surface area contributed by atoms with E-state index in [1.165, 1.54) is 11.3 Å². The first-order chi connectivity index (χ1) is 11.1. The van der Waals surface area contributed by atoms with Crippen LogP contribution in [0.2, 0.25) is 0 Å². The van der Waals surface area contributed by atoms with Gasteiger partial charge >= 0.3 is 0 Å². The number of aromatic nitrogens is 1. The number of hydrogen-bond donors (Lipinski definition) is 0. The molecule has 0 N–H and O–H groups in total. The summed E-state index contributed by atoms with van der Waals surface area (Å²) in [6, 6.07) is 17.8. The van der Waals surface area contributed by atoms with Gasteiger partial charge in [0.1, 0.15) is 10.7 Å². The summed E-state index contributed by atoms with van der Waals surface area (Å²) in [5.74, 6) is -0.0702. The fourth-order valence-corrected chi connectivity index (χ4v) is 3.44. The minimum absolute atomic E-state index is 0.0702. The largest absolute Gasteiger partial charge is 0.336 e. The lowest BCUT2D eigenvalue weighted by molar-refractivity contribution is 0.0780. The number of carbonyl (C=O) groups is 1. The van der Waals surface area contributed by atoms with Crippen LogP contribution in [-0.2, 0) is 6.54 Å². The van der Waals surface area contributed by atoms with Crippen LogP contribution in [0.4, 0.5) is 0 Å². The molecule has 0 saturated heterocycles. The van der Waals surface area contributed by atoms with Gasteiger partial charge in [0.05, 0.1) is 0 Å². The zero-order valence-electron chi connectivity index (χ0n) is 12.6. The van der Waals surface area contributed by atoms with E-state index in [9.17, 15) is 4.79 Å². The number of halogens is 1. The molecule has 0 aliphatic carbocycles. The van der Waals surface area contributed by atoms with Crippen LogP contribution in [0.3, 0.4) is 0 Å². The van der Waals surface area contributed by atoms with Crippen molar-refractivity contribution in [2.45, 2.75) is 6.54 Å². The van der Waals surface area contributed by atoms with Crippen molar-refractivity contribution >= 4 is 33.2 Å². The molecule has 1 amide bonds. The van der Waals surface area contributed by atoms with Crippen molar-refractivity contribution < 1.29 is 4.79 Å². The van der Waals surface area contributed by atoms with E-state index in [0.717, 1.165) is 20.6 Å². The maximum absolute atomic E-state index is 12.6. The molecular weight excluding hydrogens is 372 g/mol. The van der Waals surface area contributed by atoms with E-state index in [0.29, 0.717) is 12.2 Å². The highest BCUT2D eigenvalue weighted by molar-refractivity contribution is 9.10. The minimum Gasteiger partial charge on any atom is -0.336 e. The van der Waals surface area contributed by atoms with Crippen LogP contribution >= 0.6 is 27.3 Å². The SMILES string of the molecule is CN(Cc1ccccc1Br)C(=O)c1csc(-c2ccccc2)n1. The second-order valence-corrected chi connectivity index (χ2v) is 6.87. The van der Waals surface area contributed by atoms with Crippen LogP contribution in [-0.4, -0.2) is 22.8 Å². The van der Waals surface area contributed by atoms with Gasteiger partial charge in [0.2, 0.25) is 0 Å². The Kier molecular flexibility index (Phi) is 4.88. The Morgan fingerprint density at radius 1 is 1.13 bits per heavy atom. The summed E-state index contributed by atoms with van der Waals surface area (Å²) in [5, 5.41) is 2.68. The van der Waals surface area contributed by atoms with E-state index in [1.54, 1.807) is 11.9 Å². The molecule has 3 nitrogen and oxygen atoms in total. The van der Waals surface area contributed by atoms with Gasteiger partial charge < -0.3 is 4.90 Å². The van der Waals surface area contributed by atoms with E-state index < -0.39 is 0 Å². The van der Waals surface area contributed by atoms with Gasteiger partial charge in [-0.1, -0.05) is 64.5 Å². The molecule has 0 aliphatic heterocycles. The number of thiazole rings is 1. The maximum Gasteiger partial charge on any atom is 0.273 e. The molecule has 0 spiro atoms. The predicted octanol–water partition coefficient (Wildman–Crippen LogP) is 4.84. The predicted molar refractivity (Wildman–Crippen MR) is 97.5 cm³/mol. The number of hydrogen-bond acceptors (Lipinski definition) is 3. The van der Waals surface area contributed by atoms with Crippen LogP contribution in [0.15, 0.2) is 64.5 Å². The summed E-state index contributed by atoms with van der Waals surface area (Å²) in [6.07, 6.45) is 0. The molecule has 0 atom stereocenters. The average Bonchev–Trinajstić information content (AvgIpc) is 3.07. The Balaban J connectivity index is 1.76. The quantitative estimate of drug-likeness (QED) is 0.642. The normalized spacial score (nSPS) is 10.5. The molecule has 23 heavy (non-hydrogen) atoms. The van der Waals surface area contributed by atoms with Gasteiger partial charge in [-0.2, -0.15) is 0 Å². The van der Waals surface area contributed by atoms with Crippen LogP contribution in [0.25, 0.3) is 10.6 Å². The Morgan fingerprint density at radius 2 is 1.83 bits per heavy atom. The van der Waals surface area contributed by atoms with Gasteiger partial charge in [-0.15, -0.1) is 11.3 Å². The van der Waals surface area contributed by atoms with E-state index in [1.807, 2.05) is 60.0 Å². The van der Waals surface area contributed by atoms with Crippen LogP contribution in [0.1, 0.15) is 16.1 Å². The Bertz CT molecular complexity index is 817. The van der Waals surface area contributed by atoms with Crippen LogP contribution in [0.5, 0.6) is 0 Å². The molecule has 1 aromatic heterocycles. The van der Waals surface area contributed by atoms with Crippen molar-refractivity contribution in [3.8, 4) is 10.6 Å². The molecule has 116 valence electrons. The molecule has 0 radical (unpaired) electrons. The van der Waals surface area contributed by atoms with E-state index in [2.05, 4.69) is 20.9 Å². The lowest BCUT2D eigenvalue weighted by Crippen LogP contribution is -2.26. The molecule has 1 heterocycles. The number of rotatable bonds is 4. The topological polar surface area (TPSA) is 33.2 Å². The lowest BCUT2D eigenvalue weighted by Gasteiger charge is -2.16. The third-order valence-electron chi connectivity index (χ3n) is 3.46. The number of amides is 1. The molecule has 0 fully saturated rings. The van der Waals surface area contributed by atoms with Crippen molar-refractivity contribution in [2.75, 3.05) is 7.05 Å². The first-order valence-corrected chi connectivity index (χ1v) is 8.82. The first kappa shape index (κ1) is 15.9. The smallest absolute Gasteiger partial charge is 0.273 e. The first-order valence-electron chi connectivity index (χ1n) is 7.15. The number of nitrogens with zero attached hydrogens (tertiary/aromatic N) is 2. The monoisotopic (exact) mass is 386 g/mol. The van der Waals surface area contributed by atoms with Gasteiger partial charge in [-0.25, -0.2) is 4.98 Å². The van der Waals surface area contributed by atoms with Crippen molar-refractivity contribution in [3.05, 3.63) is 75.7 Å². The average molecular weight is 387 g/mol. The summed E-state index contributed by atoms with van der Waals surface area (Å²) in [6.45, 7) is 0.540. The Labute approximate surface area is 147 Å². The van der Waals surface area contributed by atoms with Gasteiger partial charge in [0, 0.05) is 29.0 Å². The lowest BCUT2D eigenvalue weighted by atomic mass is 10.2. The minimum atomic E-state index is -0.0702. The third kappa shape index (κ3) is 3.68. The number of benzene rings is 2. The molecule has 0 saturated carbocycles. The zero-order chi connectivity index (χ0) is 16.2. The fourth-order valence-electron chi connectivity index (χ4n) is 2.23. The summed E-state index contributed by atoms with van der Waals surface area (Å²) >= 11 is 5.00. The van der Waals surface area contributed by atoms with Gasteiger partial charge in [0.15, 0.2) is 0 Å². The van der Waals surface area contributed by atoms with Gasteiger partial charge in [-0.05, 0) is 11.6 Å². The molecule has 3 rings (SSSR count). The maximum atomic E-state index is 12.6. The number of carbonyl (C=O) groups excluding carboxylic acids is 1. The highest BCUT2D eigenvalue weighted by atomic mass is 79.9. The van der Waals surface area contributed by atoms with E-state index >= 15 is 0 Å². The van der Waals surface area contributed by atoms with Crippen molar-refractivity contribution in [3.63, 3.8) is 0 Å². The molecule has 5 heteroatoms. The second kappa shape index (κ2) is 7.06. The molecule has 0 unspecified atom stereocenters. The van der Waals surface area contributed by atoms with Crippen molar-refractivity contribution in [1.29, 1.82) is 0 Å². The molecule has 0 aliphatic rings. The van der Waals surface area contributed by atoms with Crippen molar-refractivity contribution in [1.82, 2.24) is 9.88 Å². The van der Waals surface area contributed by atoms with Crippen molar-refractivity contribution in [2.24, 2.45) is 0 Å². The summed E-state index contributed by atoms with van der Waals surface area (Å²) in [7, 11) is 1.79. The molecule has 0 bridgehead atoms. The standard InChI is InChI=1S/C18H15BrN2OS/c1-21(11-14-9-5-6-10-15(14)19)18(22)16-12-23-17(20-16)13-7-3-2-4-8-13/h2-10,12H,11H2,1H3. The summed E-state index contributed by atoms with van der Waals surface area (Å²) in [4.78, 5) is 18.7. The Hall–Kier alpha value is -1.98.